The molecule has 0 saturated heterocycles. The van der Waals surface area contributed by atoms with Gasteiger partial charge in [0.15, 0.2) is 0 Å². The number of aryl methyl sites for hydroxylation is 1. The zero-order valence-corrected chi connectivity index (χ0v) is 16.3. The Balaban J connectivity index is 1.88. The van der Waals surface area contributed by atoms with Gasteiger partial charge in [0.2, 0.25) is 11.8 Å². The lowest BCUT2D eigenvalue weighted by molar-refractivity contribution is -0.119. The van der Waals surface area contributed by atoms with E-state index >= 15 is 0 Å². The average Bonchev–Trinajstić information content (AvgIpc) is 2.56. The van der Waals surface area contributed by atoms with Gasteiger partial charge >= 0.3 is 0 Å². The molecule has 0 radical (unpaired) electrons. The summed E-state index contributed by atoms with van der Waals surface area (Å²) >= 11 is 6.06. The number of benzene rings is 2. The second-order valence-electron chi connectivity index (χ2n) is 6.43. The van der Waals surface area contributed by atoms with Gasteiger partial charge in [-0.2, -0.15) is 0 Å². The van der Waals surface area contributed by atoms with Crippen molar-refractivity contribution < 1.29 is 9.59 Å². The SMILES string of the molecule is Cc1cccc(NC(=O)CN(C)CC(=O)Nc2cccc(Cl)c2C)c1C. The molecule has 2 aromatic carbocycles. The van der Waals surface area contributed by atoms with Gasteiger partial charge in [-0.15, -0.1) is 0 Å². The first-order valence-electron chi connectivity index (χ1n) is 8.37. The second kappa shape index (κ2) is 8.83. The number of anilines is 2. The maximum Gasteiger partial charge on any atom is 0.238 e. The van der Waals surface area contributed by atoms with Crippen LogP contribution in [0.2, 0.25) is 5.02 Å². The molecule has 0 spiro atoms. The largest absolute Gasteiger partial charge is 0.325 e. The molecule has 0 aliphatic carbocycles. The van der Waals surface area contributed by atoms with Crippen LogP contribution in [0.25, 0.3) is 0 Å². The van der Waals surface area contributed by atoms with Gasteiger partial charge in [0.25, 0.3) is 0 Å². The lowest BCUT2D eigenvalue weighted by atomic mass is 10.1. The first-order chi connectivity index (χ1) is 12.3. The highest BCUT2D eigenvalue weighted by Gasteiger charge is 2.13. The van der Waals surface area contributed by atoms with Crippen molar-refractivity contribution in [3.63, 3.8) is 0 Å². The third-order valence-electron chi connectivity index (χ3n) is 4.25. The Kier molecular flexibility index (Phi) is 6.77. The van der Waals surface area contributed by atoms with Crippen molar-refractivity contribution in [3.8, 4) is 0 Å². The number of hydrogen-bond acceptors (Lipinski definition) is 3. The van der Waals surface area contributed by atoms with E-state index in [9.17, 15) is 9.59 Å². The van der Waals surface area contributed by atoms with Crippen LogP contribution in [0.5, 0.6) is 0 Å². The molecule has 0 heterocycles. The number of nitrogens with zero attached hydrogens (tertiary/aromatic N) is 1. The molecule has 2 aromatic rings. The molecular weight excluding hydrogens is 350 g/mol. The van der Waals surface area contributed by atoms with Crippen LogP contribution >= 0.6 is 11.6 Å². The predicted molar refractivity (Wildman–Crippen MR) is 107 cm³/mol. The molecule has 0 aliphatic heterocycles. The number of likely N-dealkylation sites (N-methyl/N-ethyl adjacent to an activating group) is 1. The van der Waals surface area contributed by atoms with Crippen LogP contribution in [-0.4, -0.2) is 36.9 Å². The van der Waals surface area contributed by atoms with Crippen LogP contribution in [0, 0.1) is 20.8 Å². The summed E-state index contributed by atoms with van der Waals surface area (Å²) in [5.41, 5.74) is 4.45. The summed E-state index contributed by atoms with van der Waals surface area (Å²) in [4.78, 5) is 26.1. The summed E-state index contributed by atoms with van der Waals surface area (Å²) in [5.74, 6) is -0.356. The first-order valence-corrected chi connectivity index (χ1v) is 8.75. The Morgan fingerprint density at radius 2 is 1.38 bits per heavy atom. The lowest BCUT2D eigenvalue weighted by Crippen LogP contribution is -2.36. The van der Waals surface area contributed by atoms with Crippen molar-refractivity contribution in [1.29, 1.82) is 0 Å². The number of nitrogens with one attached hydrogen (secondary N) is 2. The second-order valence-corrected chi connectivity index (χ2v) is 6.84. The molecule has 5 nitrogen and oxygen atoms in total. The number of hydrogen-bond donors (Lipinski definition) is 2. The van der Waals surface area contributed by atoms with Crippen LogP contribution in [-0.2, 0) is 9.59 Å². The van der Waals surface area contributed by atoms with E-state index in [1.807, 2.05) is 39.0 Å². The van der Waals surface area contributed by atoms with Crippen molar-refractivity contribution in [2.24, 2.45) is 0 Å². The third kappa shape index (κ3) is 5.31. The van der Waals surface area contributed by atoms with Gasteiger partial charge < -0.3 is 10.6 Å². The fourth-order valence-electron chi connectivity index (χ4n) is 2.56. The van der Waals surface area contributed by atoms with Crippen molar-refractivity contribution in [3.05, 3.63) is 58.1 Å². The summed E-state index contributed by atoms with van der Waals surface area (Å²) in [5, 5.41) is 6.32. The van der Waals surface area contributed by atoms with E-state index < -0.39 is 0 Å². The van der Waals surface area contributed by atoms with Gasteiger partial charge in [-0.3, -0.25) is 14.5 Å². The van der Waals surface area contributed by atoms with E-state index in [0.717, 1.165) is 22.4 Å². The molecule has 0 unspecified atom stereocenters. The molecule has 6 heteroatoms. The molecule has 0 atom stereocenters. The van der Waals surface area contributed by atoms with E-state index in [0.29, 0.717) is 10.7 Å². The highest BCUT2D eigenvalue weighted by atomic mass is 35.5. The maximum atomic E-state index is 12.2. The number of carbonyl (C=O) groups is 2. The van der Waals surface area contributed by atoms with Gasteiger partial charge in [0.1, 0.15) is 0 Å². The van der Waals surface area contributed by atoms with Crippen LogP contribution in [0.1, 0.15) is 16.7 Å². The average molecular weight is 374 g/mol. The minimum Gasteiger partial charge on any atom is -0.325 e. The van der Waals surface area contributed by atoms with E-state index in [-0.39, 0.29) is 24.9 Å². The van der Waals surface area contributed by atoms with Gasteiger partial charge in [0.05, 0.1) is 13.1 Å². The summed E-state index contributed by atoms with van der Waals surface area (Å²) in [7, 11) is 1.73. The number of rotatable bonds is 6. The summed E-state index contributed by atoms with van der Waals surface area (Å²) in [6, 6.07) is 11.1. The molecule has 2 amide bonds. The first kappa shape index (κ1) is 19.9. The fraction of sp³-hybridized carbons (Fsp3) is 0.300. The number of amides is 2. The Morgan fingerprint density at radius 3 is 1.96 bits per heavy atom. The summed E-state index contributed by atoms with van der Waals surface area (Å²) in [6.07, 6.45) is 0. The summed E-state index contributed by atoms with van der Waals surface area (Å²) in [6.45, 7) is 6.04. The number of halogens is 1. The fourth-order valence-corrected chi connectivity index (χ4v) is 2.73. The molecule has 2 N–H and O–H groups in total. The Labute approximate surface area is 159 Å². The molecule has 0 aliphatic rings. The van der Waals surface area contributed by atoms with Crippen molar-refractivity contribution in [1.82, 2.24) is 4.90 Å². The molecule has 138 valence electrons. The molecule has 26 heavy (non-hydrogen) atoms. The zero-order chi connectivity index (χ0) is 19.3. The normalized spacial score (nSPS) is 10.7. The van der Waals surface area contributed by atoms with Gasteiger partial charge in [0, 0.05) is 16.4 Å². The quantitative estimate of drug-likeness (QED) is 0.810. The molecule has 0 fully saturated rings. The smallest absolute Gasteiger partial charge is 0.238 e. The van der Waals surface area contributed by atoms with E-state index in [1.165, 1.54) is 0 Å². The molecular formula is C20H24ClN3O2. The zero-order valence-electron chi connectivity index (χ0n) is 15.5. The van der Waals surface area contributed by atoms with Crippen LogP contribution in [0.15, 0.2) is 36.4 Å². The van der Waals surface area contributed by atoms with E-state index in [1.54, 1.807) is 30.1 Å². The lowest BCUT2D eigenvalue weighted by Gasteiger charge is -2.17. The monoisotopic (exact) mass is 373 g/mol. The van der Waals surface area contributed by atoms with E-state index in [2.05, 4.69) is 10.6 Å². The Hall–Kier alpha value is -2.37. The Bertz CT molecular complexity index is 753. The molecule has 0 bridgehead atoms. The minimum atomic E-state index is -0.197. The highest BCUT2D eigenvalue weighted by molar-refractivity contribution is 6.31. The van der Waals surface area contributed by atoms with Gasteiger partial charge in [-0.1, -0.05) is 29.8 Å². The third-order valence-corrected chi connectivity index (χ3v) is 4.66. The van der Waals surface area contributed by atoms with Crippen molar-refractivity contribution >= 4 is 34.8 Å². The standard InChI is InChI=1S/C20H24ClN3O2/c1-13-7-5-9-17(14(13)2)22-19(25)11-24(4)12-20(26)23-18-10-6-8-16(21)15(18)3/h5-10H,11-12H2,1-4H3,(H,22,25)(H,23,26). The maximum absolute atomic E-state index is 12.2. The Morgan fingerprint density at radius 1 is 0.885 bits per heavy atom. The number of carbonyl (C=O) groups excluding carboxylic acids is 2. The molecule has 0 saturated carbocycles. The topological polar surface area (TPSA) is 61.4 Å². The van der Waals surface area contributed by atoms with Crippen LogP contribution in [0.4, 0.5) is 11.4 Å². The van der Waals surface area contributed by atoms with Crippen molar-refractivity contribution in [2.75, 3.05) is 30.8 Å². The van der Waals surface area contributed by atoms with Gasteiger partial charge in [-0.05, 0) is 62.7 Å². The minimum absolute atomic E-state index is 0.103. The highest BCUT2D eigenvalue weighted by Crippen LogP contribution is 2.22. The van der Waals surface area contributed by atoms with E-state index in [4.69, 9.17) is 11.6 Å². The summed E-state index contributed by atoms with van der Waals surface area (Å²) < 4.78 is 0. The van der Waals surface area contributed by atoms with Gasteiger partial charge in [-0.25, -0.2) is 0 Å². The van der Waals surface area contributed by atoms with Crippen LogP contribution < -0.4 is 10.6 Å². The van der Waals surface area contributed by atoms with Crippen LogP contribution in [0.3, 0.4) is 0 Å². The molecule has 2 rings (SSSR count). The molecule has 0 aromatic heterocycles. The predicted octanol–water partition coefficient (Wildman–Crippen LogP) is 3.77. The van der Waals surface area contributed by atoms with Crippen molar-refractivity contribution in [2.45, 2.75) is 20.8 Å².